The molecule has 1 N–H and O–H groups in total. The van der Waals surface area contributed by atoms with Gasteiger partial charge in [-0.1, -0.05) is 6.07 Å². The van der Waals surface area contributed by atoms with Crippen molar-refractivity contribution in [1.82, 2.24) is 9.97 Å². The van der Waals surface area contributed by atoms with Crippen molar-refractivity contribution >= 4 is 11.8 Å². The van der Waals surface area contributed by atoms with E-state index in [1.807, 2.05) is 6.07 Å². The van der Waals surface area contributed by atoms with Gasteiger partial charge in [-0.05, 0) is 39.0 Å². The minimum Gasteiger partial charge on any atom is -0.494 e. The quantitative estimate of drug-likeness (QED) is 0.939. The zero-order valence-electron chi connectivity index (χ0n) is 13.1. The van der Waals surface area contributed by atoms with Crippen molar-refractivity contribution in [3.05, 3.63) is 36.7 Å². The first-order valence-electron chi connectivity index (χ1n) is 6.85. The van der Waals surface area contributed by atoms with E-state index in [2.05, 4.69) is 15.3 Å². The Labute approximate surface area is 129 Å². The van der Waals surface area contributed by atoms with Crippen molar-refractivity contribution in [1.29, 1.82) is 0 Å². The molecule has 1 aromatic carbocycles. The molecule has 2 aromatic rings. The highest BCUT2D eigenvalue weighted by atomic mass is 16.6. The first-order valence-corrected chi connectivity index (χ1v) is 6.85. The summed E-state index contributed by atoms with van der Waals surface area (Å²) in [5.74, 6) is 1.01. The number of anilines is 1. The number of methoxy groups -OCH3 is 1. The third kappa shape index (κ3) is 3.94. The molecule has 1 heterocycles. The van der Waals surface area contributed by atoms with E-state index in [1.165, 1.54) is 7.11 Å². The molecule has 2 rings (SSSR count). The number of hydrogen-bond donors (Lipinski definition) is 1. The van der Waals surface area contributed by atoms with Crippen molar-refractivity contribution in [2.24, 2.45) is 0 Å². The topological polar surface area (TPSA) is 73.3 Å². The maximum Gasteiger partial charge on any atom is 0.412 e. The van der Waals surface area contributed by atoms with Crippen LogP contribution in [0.1, 0.15) is 20.8 Å². The number of hydrogen-bond acceptors (Lipinski definition) is 5. The number of nitrogens with zero attached hydrogens (tertiary/aromatic N) is 2. The Hall–Kier alpha value is -2.63. The van der Waals surface area contributed by atoms with Crippen LogP contribution in [0.15, 0.2) is 36.7 Å². The van der Waals surface area contributed by atoms with Crippen LogP contribution >= 0.6 is 0 Å². The molecule has 0 bridgehead atoms. The Morgan fingerprint density at radius 2 is 1.82 bits per heavy atom. The van der Waals surface area contributed by atoms with Gasteiger partial charge in [0.2, 0.25) is 0 Å². The van der Waals surface area contributed by atoms with Crippen molar-refractivity contribution < 1.29 is 14.3 Å². The van der Waals surface area contributed by atoms with E-state index in [0.717, 1.165) is 0 Å². The van der Waals surface area contributed by atoms with Gasteiger partial charge < -0.3 is 9.47 Å². The van der Waals surface area contributed by atoms with Crippen molar-refractivity contribution in [3.8, 4) is 17.1 Å². The van der Waals surface area contributed by atoms with E-state index in [1.54, 1.807) is 51.4 Å². The number of amides is 1. The lowest BCUT2D eigenvalue weighted by atomic mass is 10.1. The summed E-state index contributed by atoms with van der Waals surface area (Å²) in [7, 11) is 1.53. The van der Waals surface area contributed by atoms with Gasteiger partial charge in [-0.3, -0.25) is 5.32 Å². The summed E-state index contributed by atoms with van der Waals surface area (Å²) in [6.45, 7) is 5.41. The molecule has 6 heteroatoms. The molecule has 0 atom stereocenters. The van der Waals surface area contributed by atoms with Gasteiger partial charge in [0.05, 0.1) is 18.4 Å². The van der Waals surface area contributed by atoms with E-state index < -0.39 is 11.7 Å². The van der Waals surface area contributed by atoms with Crippen LogP contribution in [0.3, 0.4) is 0 Å². The smallest absolute Gasteiger partial charge is 0.412 e. The average Bonchev–Trinajstić information content (AvgIpc) is 2.46. The number of para-hydroxylation sites is 1. The van der Waals surface area contributed by atoms with Crippen LogP contribution in [0.5, 0.6) is 5.75 Å². The van der Waals surface area contributed by atoms with Gasteiger partial charge in [0.15, 0.2) is 11.6 Å². The monoisotopic (exact) mass is 301 g/mol. The summed E-state index contributed by atoms with van der Waals surface area (Å²) >= 11 is 0. The SMILES string of the molecule is COc1c(NC(=O)OC(C)(C)C)cccc1-c1ncccn1. The fourth-order valence-corrected chi connectivity index (χ4v) is 1.88. The van der Waals surface area contributed by atoms with Gasteiger partial charge in [-0.15, -0.1) is 0 Å². The summed E-state index contributed by atoms with van der Waals surface area (Å²) in [4.78, 5) is 20.3. The average molecular weight is 301 g/mol. The largest absolute Gasteiger partial charge is 0.494 e. The molecule has 6 nitrogen and oxygen atoms in total. The van der Waals surface area contributed by atoms with Gasteiger partial charge in [0.25, 0.3) is 0 Å². The number of carbonyl (C=O) groups excluding carboxylic acids is 1. The minimum atomic E-state index is -0.572. The molecule has 1 aromatic heterocycles. The van der Waals surface area contributed by atoms with Gasteiger partial charge in [-0.2, -0.15) is 0 Å². The number of nitrogens with one attached hydrogen (secondary N) is 1. The van der Waals surface area contributed by atoms with Crippen LogP contribution in [0.2, 0.25) is 0 Å². The Balaban J connectivity index is 2.32. The lowest BCUT2D eigenvalue weighted by molar-refractivity contribution is 0.0635. The number of carbonyl (C=O) groups is 1. The molecule has 116 valence electrons. The normalized spacial score (nSPS) is 10.9. The van der Waals surface area contributed by atoms with Gasteiger partial charge >= 0.3 is 6.09 Å². The summed E-state index contributed by atoms with van der Waals surface area (Å²) < 4.78 is 10.7. The summed E-state index contributed by atoms with van der Waals surface area (Å²) in [6.07, 6.45) is 2.75. The fraction of sp³-hybridized carbons (Fsp3) is 0.312. The van der Waals surface area contributed by atoms with Crippen LogP contribution in [0, 0.1) is 0 Å². The zero-order valence-corrected chi connectivity index (χ0v) is 13.1. The van der Waals surface area contributed by atoms with E-state index >= 15 is 0 Å². The second-order valence-electron chi connectivity index (χ2n) is 5.59. The second-order valence-corrected chi connectivity index (χ2v) is 5.59. The number of benzene rings is 1. The first kappa shape index (κ1) is 15.8. The van der Waals surface area contributed by atoms with E-state index in [0.29, 0.717) is 22.8 Å². The molecule has 0 saturated heterocycles. The summed E-state index contributed by atoms with van der Waals surface area (Å²) in [5.41, 5.74) is 0.621. The number of aromatic nitrogens is 2. The predicted octanol–water partition coefficient (Wildman–Crippen LogP) is 3.50. The van der Waals surface area contributed by atoms with Crippen LogP contribution in [-0.4, -0.2) is 28.8 Å². The minimum absolute atomic E-state index is 0.486. The van der Waals surface area contributed by atoms with Gasteiger partial charge in [0, 0.05) is 12.4 Å². The molecule has 0 fully saturated rings. The van der Waals surface area contributed by atoms with Crippen LogP contribution < -0.4 is 10.1 Å². The predicted molar refractivity (Wildman–Crippen MR) is 83.9 cm³/mol. The third-order valence-electron chi connectivity index (χ3n) is 2.66. The van der Waals surface area contributed by atoms with Crippen LogP contribution in [-0.2, 0) is 4.74 Å². The Bertz CT molecular complexity index is 651. The summed E-state index contributed by atoms with van der Waals surface area (Å²) in [5, 5.41) is 2.69. The highest BCUT2D eigenvalue weighted by molar-refractivity contribution is 5.89. The zero-order chi connectivity index (χ0) is 16.2. The lowest BCUT2D eigenvalue weighted by Crippen LogP contribution is -2.27. The molecule has 0 unspecified atom stereocenters. The highest BCUT2D eigenvalue weighted by Crippen LogP contribution is 2.34. The molecule has 0 radical (unpaired) electrons. The molecule has 0 aliphatic carbocycles. The van der Waals surface area contributed by atoms with Crippen LogP contribution in [0.4, 0.5) is 10.5 Å². The van der Waals surface area contributed by atoms with E-state index in [4.69, 9.17) is 9.47 Å². The van der Waals surface area contributed by atoms with Crippen molar-refractivity contribution in [2.75, 3.05) is 12.4 Å². The molecule has 0 aliphatic heterocycles. The maximum absolute atomic E-state index is 11.9. The highest BCUT2D eigenvalue weighted by Gasteiger charge is 2.19. The molecule has 1 amide bonds. The Morgan fingerprint density at radius 1 is 1.14 bits per heavy atom. The Morgan fingerprint density at radius 3 is 2.41 bits per heavy atom. The molecule has 22 heavy (non-hydrogen) atoms. The lowest BCUT2D eigenvalue weighted by Gasteiger charge is -2.20. The van der Waals surface area contributed by atoms with Gasteiger partial charge in [0.1, 0.15) is 5.60 Å². The fourth-order valence-electron chi connectivity index (χ4n) is 1.88. The maximum atomic E-state index is 11.9. The van der Waals surface area contributed by atoms with E-state index in [-0.39, 0.29) is 0 Å². The Kier molecular flexibility index (Phi) is 4.60. The molecule has 0 aliphatic rings. The van der Waals surface area contributed by atoms with Gasteiger partial charge in [-0.25, -0.2) is 14.8 Å². The summed E-state index contributed by atoms with van der Waals surface area (Å²) in [6, 6.07) is 7.09. The van der Waals surface area contributed by atoms with E-state index in [9.17, 15) is 4.79 Å². The first-order chi connectivity index (χ1) is 10.4. The number of rotatable bonds is 3. The second kappa shape index (κ2) is 6.43. The van der Waals surface area contributed by atoms with Crippen LogP contribution in [0.25, 0.3) is 11.4 Å². The molecule has 0 saturated carbocycles. The molecule has 0 spiro atoms. The number of ether oxygens (including phenoxy) is 2. The van der Waals surface area contributed by atoms with Crippen molar-refractivity contribution in [2.45, 2.75) is 26.4 Å². The molecular formula is C16H19N3O3. The third-order valence-corrected chi connectivity index (χ3v) is 2.66. The standard InChI is InChI=1S/C16H19N3O3/c1-16(2,3)22-15(20)19-12-8-5-7-11(13(12)21-4)14-17-9-6-10-18-14/h5-10H,1-4H3,(H,19,20). The molecular weight excluding hydrogens is 282 g/mol. The van der Waals surface area contributed by atoms with Crippen molar-refractivity contribution in [3.63, 3.8) is 0 Å².